The normalized spacial score (nSPS) is 11.2. The lowest BCUT2D eigenvalue weighted by molar-refractivity contribution is 0.102. The van der Waals surface area contributed by atoms with Crippen LogP contribution in [0.1, 0.15) is 15.9 Å². The lowest BCUT2D eigenvalue weighted by atomic mass is 10.1. The average Bonchev–Trinajstić information content (AvgIpc) is 2.76. The molecule has 12 heteroatoms. The molecule has 0 saturated carbocycles. The number of aryl methyl sites for hydroxylation is 1. The molecule has 3 N–H and O–H groups in total. The minimum Gasteiger partial charge on any atom is -0.421 e. The molecule has 11 nitrogen and oxygen atoms in total. The lowest BCUT2D eigenvalue weighted by Gasteiger charge is -2.14. The SMILES string of the molecule is CNS(=O)(=O)Nc1ccccc1C(=O)Nc1c(C)c2ccc(OC(=O)N(C)C)cc2oc1=O. The zero-order valence-electron chi connectivity index (χ0n) is 18.3. The molecule has 0 saturated heterocycles. The molecule has 3 aromatic rings. The maximum absolute atomic E-state index is 12.9. The van der Waals surface area contributed by atoms with E-state index in [-0.39, 0.29) is 28.3 Å². The molecule has 0 aliphatic carbocycles. The zero-order valence-corrected chi connectivity index (χ0v) is 19.1. The number of hydrogen-bond acceptors (Lipinski definition) is 7. The summed E-state index contributed by atoms with van der Waals surface area (Å²) in [5.74, 6) is -0.526. The van der Waals surface area contributed by atoms with Crippen LogP contribution in [0.2, 0.25) is 0 Å². The van der Waals surface area contributed by atoms with E-state index in [1.165, 1.54) is 50.3 Å². The fourth-order valence-corrected chi connectivity index (χ4v) is 3.45. The van der Waals surface area contributed by atoms with Gasteiger partial charge in [0.15, 0.2) is 0 Å². The minimum atomic E-state index is -3.86. The first-order valence-electron chi connectivity index (χ1n) is 9.60. The van der Waals surface area contributed by atoms with Crippen LogP contribution in [0, 0.1) is 6.92 Å². The second kappa shape index (κ2) is 9.30. The van der Waals surface area contributed by atoms with Crippen molar-refractivity contribution in [2.24, 2.45) is 0 Å². The molecule has 2 aromatic carbocycles. The van der Waals surface area contributed by atoms with E-state index in [2.05, 4.69) is 14.8 Å². The number of nitrogens with one attached hydrogen (secondary N) is 3. The Balaban J connectivity index is 1.95. The van der Waals surface area contributed by atoms with E-state index in [1.807, 2.05) is 0 Å². The van der Waals surface area contributed by atoms with Gasteiger partial charge < -0.3 is 19.4 Å². The Bertz CT molecular complexity index is 1400. The summed E-state index contributed by atoms with van der Waals surface area (Å²) in [5.41, 5.74) is -0.301. The summed E-state index contributed by atoms with van der Waals surface area (Å²) < 4.78 is 38.5. The fourth-order valence-electron chi connectivity index (χ4n) is 2.88. The maximum Gasteiger partial charge on any atom is 0.414 e. The summed E-state index contributed by atoms with van der Waals surface area (Å²) in [4.78, 5) is 38.5. The van der Waals surface area contributed by atoms with E-state index in [0.717, 1.165) is 0 Å². The van der Waals surface area contributed by atoms with Crippen LogP contribution in [0.15, 0.2) is 51.7 Å². The highest BCUT2D eigenvalue weighted by atomic mass is 32.2. The second-order valence-corrected chi connectivity index (χ2v) is 8.74. The number of fused-ring (bicyclic) bond motifs is 1. The Labute approximate surface area is 189 Å². The first-order valence-corrected chi connectivity index (χ1v) is 11.1. The van der Waals surface area contributed by atoms with E-state index in [1.54, 1.807) is 25.1 Å². The average molecular weight is 474 g/mol. The molecular weight excluding hydrogens is 452 g/mol. The predicted molar refractivity (Wildman–Crippen MR) is 123 cm³/mol. The number of carbonyl (C=O) groups is 2. The van der Waals surface area contributed by atoms with Crippen molar-refractivity contribution in [3.63, 3.8) is 0 Å². The summed E-state index contributed by atoms with van der Waals surface area (Å²) in [7, 11) is 0.424. The van der Waals surface area contributed by atoms with E-state index in [9.17, 15) is 22.8 Å². The van der Waals surface area contributed by atoms with E-state index in [4.69, 9.17) is 9.15 Å². The van der Waals surface area contributed by atoms with Crippen LogP contribution < -0.4 is 25.1 Å². The van der Waals surface area contributed by atoms with Crippen molar-refractivity contribution in [1.29, 1.82) is 0 Å². The van der Waals surface area contributed by atoms with Gasteiger partial charge >= 0.3 is 11.7 Å². The van der Waals surface area contributed by atoms with Crippen molar-refractivity contribution < 1.29 is 27.2 Å². The number of para-hydroxylation sites is 1. The van der Waals surface area contributed by atoms with Gasteiger partial charge in [0.25, 0.3) is 16.1 Å². The van der Waals surface area contributed by atoms with Crippen LogP contribution in [0.25, 0.3) is 11.0 Å². The van der Waals surface area contributed by atoms with Crippen molar-refractivity contribution in [2.45, 2.75) is 6.92 Å². The highest BCUT2D eigenvalue weighted by molar-refractivity contribution is 7.90. The predicted octanol–water partition coefficient (Wildman–Crippen LogP) is 2.29. The number of anilines is 2. The topological polar surface area (TPSA) is 147 Å². The van der Waals surface area contributed by atoms with Crippen molar-refractivity contribution in [3.8, 4) is 5.75 Å². The molecule has 2 amide bonds. The van der Waals surface area contributed by atoms with Gasteiger partial charge in [-0.1, -0.05) is 12.1 Å². The van der Waals surface area contributed by atoms with Crippen LogP contribution in [-0.4, -0.2) is 46.5 Å². The van der Waals surface area contributed by atoms with Gasteiger partial charge in [-0.3, -0.25) is 9.52 Å². The van der Waals surface area contributed by atoms with Gasteiger partial charge in [0.1, 0.15) is 17.0 Å². The van der Waals surface area contributed by atoms with Crippen molar-refractivity contribution >= 4 is 44.6 Å². The summed E-state index contributed by atoms with van der Waals surface area (Å²) in [6.45, 7) is 1.62. The van der Waals surface area contributed by atoms with Crippen LogP contribution in [0.4, 0.5) is 16.2 Å². The summed E-state index contributed by atoms with van der Waals surface area (Å²) in [6.07, 6.45) is -0.593. The van der Waals surface area contributed by atoms with Gasteiger partial charge in [-0.2, -0.15) is 8.42 Å². The Morgan fingerprint density at radius 1 is 1.09 bits per heavy atom. The van der Waals surface area contributed by atoms with E-state index in [0.29, 0.717) is 10.9 Å². The molecule has 1 heterocycles. The number of benzene rings is 2. The number of carbonyl (C=O) groups excluding carboxylic acids is 2. The Kier molecular flexibility index (Phi) is 6.70. The highest BCUT2D eigenvalue weighted by Crippen LogP contribution is 2.27. The lowest BCUT2D eigenvalue weighted by Crippen LogP contribution is -2.28. The minimum absolute atomic E-state index is 0.00108. The quantitative estimate of drug-likeness (QED) is 0.464. The van der Waals surface area contributed by atoms with Gasteiger partial charge in [-0.25, -0.2) is 14.3 Å². The highest BCUT2D eigenvalue weighted by Gasteiger charge is 2.19. The van der Waals surface area contributed by atoms with Gasteiger partial charge in [-0.05, 0) is 36.8 Å². The monoisotopic (exact) mass is 474 g/mol. The standard InChI is InChI=1S/C21H22N4O7S/c1-12-14-10-9-13(31-21(28)25(3)4)11-17(14)32-20(27)18(12)23-19(26)15-7-5-6-8-16(15)24-33(29,30)22-2/h5-11,22,24H,1-4H3,(H,23,26). The first-order chi connectivity index (χ1) is 15.5. The van der Waals surface area contributed by atoms with Gasteiger partial charge in [0.2, 0.25) is 0 Å². The zero-order chi connectivity index (χ0) is 24.3. The number of nitrogens with zero attached hydrogens (tertiary/aromatic N) is 1. The molecule has 0 spiro atoms. The molecule has 0 aliphatic rings. The Morgan fingerprint density at radius 2 is 1.79 bits per heavy atom. The molecule has 0 aliphatic heterocycles. The Morgan fingerprint density at radius 3 is 2.45 bits per heavy atom. The van der Waals surface area contributed by atoms with Crippen LogP contribution in [0.3, 0.4) is 0 Å². The molecule has 0 bridgehead atoms. The molecule has 0 unspecified atom stereocenters. The summed E-state index contributed by atoms with van der Waals surface area (Å²) >= 11 is 0. The smallest absolute Gasteiger partial charge is 0.414 e. The van der Waals surface area contributed by atoms with Crippen molar-refractivity contribution in [1.82, 2.24) is 9.62 Å². The molecule has 0 radical (unpaired) electrons. The van der Waals surface area contributed by atoms with Crippen LogP contribution >= 0.6 is 0 Å². The van der Waals surface area contributed by atoms with Crippen molar-refractivity contribution in [3.05, 3.63) is 64.0 Å². The molecule has 3 rings (SSSR count). The fraction of sp³-hybridized carbons (Fsp3) is 0.190. The molecular formula is C21H22N4O7S. The molecule has 33 heavy (non-hydrogen) atoms. The van der Waals surface area contributed by atoms with E-state index < -0.39 is 27.8 Å². The van der Waals surface area contributed by atoms with Gasteiger partial charge in [-0.15, -0.1) is 0 Å². The third kappa shape index (κ3) is 5.30. The number of ether oxygens (including phenoxy) is 1. The Hall–Kier alpha value is -3.90. The molecule has 1 aromatic heterocycles. The third-order valence-electron chi connectivity index (χ3n) is 4.63. The van der Waals surface area contributed by atoms with E-state index >= 15 is 0 Å². The molecule has 174 valence electrons. The maximum atomic E-state index is 12.9. The largest absolute Gasteiger partial charge is 0.421 e. The van der Waals surface area contributed by atoms with Crippen LogP contribution in [0.5, 0.6) is 5.75 Å². The van der Waals surface area contributed by atoms with Crippen molar-refractivity contribution in [2.75, 3.05) is 31.2 Å². The van der Waals surface area contributed by atoms with Crippen LogP contribution in [-0.2, 0) is 10.2 Å². The number of rotatable bonds is 6. The summed E-state index contributed by atoms with van der Waals surface area (Å²) in [5, 5.41) is 3.01. The number of amides is 2. The van der Waals surface area contributed by atoms with Gasteiger partial charge in [0.05, 0.1) is 11.3 Å². The third-order valence-corrected chi connectivity index (χ3v) is 5.66. The molecule has 0 fully saturated rings. The molecule has 0 atom stereocenters. The number of hydrogen-bond donors (Lipinski definition) is 3. The second-order valence-electron chi connectivity index (χ2n) is 7.12. The first kappa shape index (κ1) is 23.8. The summed E-state index contributed by atoms with van der Waals surface area (Å²) in [6, 6.07) is 10.5. The van der Waals surface area contributed by atoms with Gasteiger partial charge in [0, 0.05) is 32.6 Å².